The zero-order valence-electron chi connectivity index (χ0n) is 13.4. The Hall–Kier alpha value is 0.210. The summed E-state index contributed by atoms with van der Waals surface area (Å²) in [6.07, 6.45) is 14.0. The van der Waals surface area contributed by atoms with Crippen LogP contribution in [-0.4, -0.2) is 30.6 Å². The quantitative estimate of drug-likeness (QED) is 0.744. The topological polar surface area (TPSA) is 29.3 Å². The minimum Gasteiger partial charge on any atom is -0.327 e. The second-order valence-corrected chi connectivity index (χ2v) is 6.97. The SMILES string of the molecule is CCCCC[C@@H]1CCCN(C[C@@H]2CCCC[C@H]2N)C1.Cl. The summed E-state index contributed by atoms with van der Waals surface area (Å²) in [6, 6.07) is 0.481. The first kappa shape index (κ1) is 18.3. The molecule has 0 aromatic carbocycles. The number of unbranched alkanes of at least 4 members (excludes halogenated alkanes) is 2. The second-order valence-electron chi connectivity index (χ2n) is 6.97. The Labute approximate surface area is 132 Å². The summed E-state index contributed by atoms with van der Waals surface area (Å²) in [5.41, 5.74) is 6.30. The molecule has 2 fully saturated rings. The number of hydrogen-bond acceptors (Lipinski definition) is 2. The summed E-state index contributed by atoms with van der Waals surface area (Å²) in [7, 11) is 0. The molecule has 0 unspecified atom stereocenters. The van der Waals surface area contributed by atoms with E-state index in [1.54, 1.807) is 0 Å². The minimum absolute atomic E-state index is 0. The second kappa shape index (κ2) is 10.0. The van der Waals surface area contributed by atoms with Crippen LogP contribution in [0.5, 0.6) is 0 Å². The molecule has 20 heavy (non-hydrogen) atoms. The molecule has 120 valence electrons. The van der Waals surface area contributed by atoms with Crippen molar-refractivity contribution in [3.63, 3.8) is 0 Å². The highest BCUT2D eigenvalue weighted by atomic mass is 35.5. The normalized spacial score (nSPS) is 31.8. The number of nitrogens with zero attached hydrogens (tertiary/aromatic N) is 1. The molecule has 0 aromatic heterocycles. The number of hydrogen-bond donors (Lipinski definition) is 1. The van der Waals surface area contributed by atoms with E-state index in [2.05, 4.69) is 11.8 Å². The van der Waals surface area contributed by atoms with Gasteiger partial charge in [0.15, 0.2) is 0 Å². The summed E-state index contributed by atoms with van der Waals surface area (Å²) < 4.78 is 0. The van der Waals surface area contributed by atoms with Gasteiger partial charge in [-0.25, -0.2) is 0 Å². The van der Waals surface area contributed by atoms with Gasteiger partial charge in [-0.15, -0.1) is 12.4 Å². The van der Waals surface area contributed by atoms with Crippen LogP contribution in [0.4, 0.5) is 0 Å². The predicted octanol–water partition coefficient (Wildman–Crippen LogP) is 4.22. The van der Waals surface area contributed by atoms with Crippen LogP contribution in [0.2, 0.25) is 0 Å². The Kier molecular flexibility index (Phi) is 9.15. The van der Waals surface area contributed by atoms with E-state index in [1.165, 1.54) is 83.8 Å². The number of likely N-dealkylation sites (tertiary alicyclic amines) is 1. The fraction of sp³-hybridized carbons (Fsp3) is 1.00. The highest BCUT2D eigenvalue weighted by molar-refractivity contribution is 5.85. The van der Waals surface area contributed by atoms with E-state index in [0.717, 1.165) is 11.8 Å². The van der Waals surface area contributed by atoms with Crippen molar-refractivity contribution in [2.24, 2.45) is 17.6 Å². The number of halogens is 1. The Morgan fingerprint density at radius 1 is 1.05 bits per heavy atom. The molecule has 0 aromatic rings. The third-order valence-corrected chi connectivity index (χ3v) is 5.28. The van der Waals surface area contributed by atoms with E-state index in [9.17, 15) is 0 Å². The molecule has 0 spiro atoms. The van der Waals surface area contributed by atoms with Gasteiger partial charge >= 0.3 is 0 Å². The van der Waals surface area contributed by atoms with Crippen molar-refractivity contribution in [2.75, 3.05) is 19.6 Å². The summed E-state index contributed by atoms with van der Waals surface area (Å²) in [4.78, 5) is 2.73. The Balaban J connectivity index is 0.00000200. The molecule has 1 aliphatic heterocycles. The minimum atomic E-state index is 0. The molecule has 3 heteroatoms. The first-order valence-electron chi connectivity index (χ1n) is 8.77. The lowest BCUT2D eigenvalue weighted by Gasteiger charge is -2.38. The highest BCUT2D eigenvalue weighted by Crippen LogP contribution is 2.27. The van der Waals surface area contributed by atoms with Crippen molar-refractivity contribution in [1.29, 1.82) is 0 Å². The molecule has 0 bridgehead atoms. The van der Waals surface area contributed by atoms with Crippen molar-refractivity contribution < 1.29 is 0 Å². The third-order valence-electron chi connectivity index (χ3n) is 5.28. The molecule has 2 nitrogen and oxygen atoms in total. The predicted molar refractivity (Wildman–Crippen MR) is 90.5 cm³/mol. The highest BCUT2D eigenvalue weighted by Gasteiger charge is 2.26. The van der Waals surface area contributed by atoms with Crippen molar-refractivity contribution in [3.8, 4) is 0 Å². The molecule has 0 radical (unpaired) electrons. The largest absolute Gasteiger partial charge is 0.327 e. The van der Waals surface area contributed by atoms with Crippen LogP contribution in [0.3, 0.4) is 0 Å². The maximum absolute atomic E-state index is 6.30. The van der Waals surface area contributed by atoms with Gasteiger partial charge in [-0.3, -0.25) is 0 Å². The van der Waals surface area contributed by atoms with Gasteiger partial charge < -0.3 is 10.6 Å². The molecule has 0 amide bonds. The van der Waals surface area contributed by atoms with Gasteiger partial charge in [-0.05, 0) is 50.5 Å². The van der Waals surface area contributed by atoms with E-state index in [1.807, 2.05) is 0 Å². The van der Waals surface area contributed by atoms with Crippen LogP contribution < -0.4 is 5.73 Å². The number of rotatable bonds is 6. The fourth-order valence-electron chi connectivity index (χ4n) is 4.03. The maximum Gasteiger partial charge on any atom is 0.00793 e. The Morgan fingerprint density at radius 3 is 2.60 bits per heavy atom. The van der Waals surface area contributed by atoms with Gasteiger partial charge in [-0.2, -0.15) is 0 Å². The summed E-state index contributed by atoms with van der Waals surface area (Å²) >= 11 is 0. The first-order valence-corrected chi connectivity index (χ1v) is 8.77. The number of piperidine rings is 1. The fourth-order valence-corrected chi connectivity index (χ4v) is 4.03. The van der Waals surface area contributed by atoms with Gasteiger partial charge in [0.25, 0.3) is 0 Å². The smallest absolute Gasteiger partial charge is 0.00793 e. The summed E-state index contributed by atoms with van der Waals surface area (Å²) in [5.74, 6) is 1.75. The van der Waals surface area contributed by atoms with Crippen LogP contribution >= 0.6 is 12.4 Å². The molecule has 2 N–H and O–H groups in total. The summed E-state index contributed by atoms with van der Waals surface area (Å²) in [6.45, 7) is 6.27. The first-order chi connectivity index (χ1) is 9.29. The van der Waals surface area contributed by atoms with Gasteiger partial charge in [0.05, 0.1) is 0 Å². The van der Waals surface area contributed by atoms with E-state index in [-0.39, 0.29) is 12.4 Å². The Bertz CT molecular complexity index is 247. The maximum atomic E-state index is 6.30. The van der Waals surface area contributed by atoms with Gasteiger partial charge in [0, 0.05) is 19.1 Å². The average molecular weight is 303 g/mol. The lowest BCUT2D eigenvalue weighted by Crippen LogP contribution is -2.44. The van der Waals surface area contributed by atoms with Crippen LogP contribution in [0, 0.1) is 11.8 Å². The molecule has 2 aliphatic rings. The zero-order valence-corrected chi connectivity index (χ0v) is 14.2. The van der Waals surface area contributed by atoms with Crippen LogP contribution in [0.1, 0.15) is 71.1 Å². The van der Waals surface area contributed by atoms with E-state index in [0.29, 0.717) is 6.04 Å². The molecule has 2 rings (SSSR count). The van der Waals surface area contributed by atoms with Crippen molar-refractivity contribution in [3.05, 3.63) is 0 Å². The van der Waals surface area contributed by atoms with Crippen molar-refractivity contribution in [1.82, 2.24) is 4.90 Å². The van der Waals surface area contributed by atoms with E-state index in [4.69, 9.17) is 5.73 Å². The lowest BCUT2D eigenvalue weighted by molar-refractivity contribution is 0.124. The van der Waals surface area contributed by atoms with Crippen LogP contribution in [-0.2, 0) is 0 Å². The zero-order chi connectivity index (χ0) is 13.5. The molecular formula is C17H35ClN2. The molecular weight excluding hydrogens is 268 g/mol. The van der Waals surface area contributed by atoms with Crippen molar-refractivity contribution >= 4 is 12.4 Å². The van der Waals surface area contributed by atoms with E-state index < -0.39 is 0 Å². The molecule has 1 saturated carbocycles. The molecule has 3 atom stereocenters. The Morgan fingerprint density at radius 2 is 1.85 bits per heavy atom. The van der Waals surface area contributed by atoms with Gasteiger partial charge in [0.1, 0.15) is 0 Å². The van der Waals surface area contributed by atoms with Gasteiger partial charge in [-0.1, -0.05) is 39.0 Å². The standard InChI is InChI=1S/C17H34N2.ClH/c1-2-3-4-8-15-9-7-12-19(13-15)14-16-10-5-6-11-17(16)18;/h15-17H,2-14,18H2,1H3;1H/t15-,16+,17-;/m1./s1. The van der Waals surface area contributed by atoms with Crippen molar-refractivity contribution in [2.45, 2.75) is 77.2 Å². The van der Waals surface area contributed by atoms with E-state index >= 15 is 0 Å². The summed E-state index contributed by atoms with van der Waals surface area (Å²) in [5, 5.41) is 0. The average Bonchev–Trinajstić information content (AvgIpc) is 2.42. The molecule has 1 heterocycles. The molecule has 1 aliphatic carbocycles. The number of nitrogens with two attached hydrogens (primary N) is 1. The monoisotopic (exact) mass is 302 g/mol. The third kappa shape index (κ3) is 5.91. The van der Waals surface area contributed by atoms with Crippen LogP contribution in [0.15, 0.2) is 0 Å². The van der Waals surface area contributed by atoms with Crippen LogP contribution in [0.25, 0.3) is 0 Å². The molecule has 1 saturated heterocycles. The lowest BCUT2D eigenvalue weighted by atomic mass is 9.84. The van der Waals surface area contributed by atoms with Gasteiger partial charge in [0.2, 0.25) is 0 Å².